The Balaban J connectivity index is 2.59. The molecule has 2 aromatic rings. The van der Waals surface area contributed by atoms with Crippen molar-refractivity contribution < 1.29 is 39.7 Å². The van der Waals surface area contributed by atoms with Crippen molar-refractivity contribution in [1.29, 1.82) is 0 Å². The van der Waals surface area contributed by atoms with Gasteiger partial charge in [-0.1, -0.05) is 0 Å². The molecule has 0 unspecified atom stereocenters. The molecule has 2 N–H and O–H groups in total. The van der Waals surface area contributed by atoms with E-state index in [1.165, 1.54) is 6.20 Å². The Kier molecular flexibility index (Phi) is 3.01. The normalized spacial score (nSPS) is 10.9. The van der Waals surface area contributed by atoms with Crippen LogP contribution in [-0.2, 0) is 7.05 Å². The third-order valence-electron chi connectivity index (χ3n) is 2.35. The van der Waals surface area contributed by atoms with E-state index in [9.17, 15) is 9.70 Å². The van der Waals surface area contributed by atoms with Crippen LogP contribution in [0.1, 0.15) is 10.4 Å². The molecular weight excluding hydrogens is 339 g/mol. The Morgan fingerprint density at radius 3 is 2.76 bits per heavy atom. The van der Waals surface area contributed by atoms with Crippen LogP contribution in [-0.4, -0.2) is 24.0 Å². The SMILES string of the molecule is Cn1cc(C(=O)O)c2ccc([I-][N+](=O)O)cc21. The van der Waals surface area contributed by atoms with E-state index >= 15 is 0 Å². The van der Waals surface area contributed by atoms with Gasteiger partial charge in [0.25, 0.3) is 0 Å². The number of benzene rings is 1. The standard InChI is InChI=1S/C10H9IN2O4/c1-12-5-8(10(14)15)7-3-2-6(4-9(7)12)11-13(16)17/h2-5H,1H3,(H,14,15)(H,16,17). The van der Waals surface area contributed by atoms with Crippen LogP contribution in [0.15, 0.2) is 24.4 Å². The zero-order valence-corrected chi connectivity index (χ0v) is 11.0. The molecule has 2 rings (SSSR count). The summed E-state index contributed by atoms with van der Waals surface area (Å²) in [6.07, 6.45) is 1.53. The molecule has 17 heavy (non-hydrogen) atoms. The molecule has 0 saturated heterocycles. The first kappa shape index (κ1) is 11.8. The maximum atomic E-state index is 11.0. The molecule has 1 heterocycles. The fraction of sp³-hybridized carbons (Fsp3) is 0.100. The number of aryl methyl sites for hydroxylation is 1. The third-order valence-corrected chi connectivity index (χ3v) is 3.99. The van der Waals surface area contributed by atoms with E-state index in [4.69, 9.17) is 10.3 Å². The topological polar surface area (TPSA) is 82.5 Å². The van der Waals surface area contributed by atoms with E-state index in [1.54, 1.807) is 29.8 Å². The molecule has 0 amide bonds. The van der Waals surface area contributed by atoms with Gasteiger partial charge in [0.2, 0.25) is 0 Å². The molecule has 0 atom stereocenters. The number of halogens is 1. The number of rotatable bonds is 3. The van der Waals surface area contributed by atoms with Crippen molar-refractivity contribution in [3.8, 4) is 0 Å². The monoisotopic (exact) mass is 348 g/mol. The van der Waals surface area contributed by atoms with Gasteiger partial charge in [0.1, 0.15) is 0 Å². The number of carboxylic acids is 1. The van der Waals surface area contributed by atoms with Crippen LogP contribution >= 0.6 is 0 Å². The van der Waals surface area contributed by atoms with Gasteiger partial charge in [-0.2, -0.15) is 0 Å². The number of aromatic nitrogens is 1. The Hall–Kier alpha value is -1.64. The minimum atomic E-state index is -1.15. The zero-order valence-electron chi connectivity index (χ0n) is 8.79. The number of nitrogens with zero attached hydrogens (tertiary/aromatic N) is 2. The van der Waals surface area contributed by atoms with Crippen LogP contribution in [0.2, 0.25) is 0 Å². The van der Waals surface area contributed by atoms with Crippen molar-refractivity contribution in [3.05, 3.63) is 38.4 Å². The Morgan fingerprint density at radius 1 is 1.47 bits per heavy atom. The summed E-state index contributed by atoms with van der Waals surface area (Å²) >= 11 is -1.15. The summed E-state index contributed by atoms with van der Waals surface area (Å²) in [5.41, 5.74) is 0.969. The van der Waals surface area contributed by atoms with Crippen molar-refractivity contribution in [2.45, 2.75) is 0 Å². The molecule has 0 bridgehead atoms. The van der Waals surface area contributed by atoms with E-state index in [-0.39, 0.29) is 8.70 Å². The second-order valence-electron chi connectivity index (χ2n) is 3.43. The van der Waals surface area contributed by atoms with E-state index in [2.05, 4.69) is 0 Å². The van der Waals surface area contributed by atoms with Crippen molar-refractivity contribution in [3.63, 3.8) is 0 Å². The first-order valence-electron chi connectivity index (χ1n) is 4.62. The van der Waals surface area contributed by atoms with Crippen LogP contribution < -0.4 is 21.5 Å². The number of carboxylic acid groups (broad SMARTS) is 1. The Labute approximate surface area is 107 Å². The third kappa shape index (κ3) is 2.23. The zero-order chi connectivity index (χ0) is 12.6. The Morgan fingerprint density at radius 2 is 2.18 bits per heavy atom. The molecular formula is C10H9IN2O4. The first-order chi connectivity index (χ1) is 7.99. The van der Waals surface area contributed by atoms with Gasteiger partial charge in [-0.25, -0.2) is 0 Å². The second kappa shape index (κ2) is 4.32. The predicted molar refractivity (Wildman–Crippen MR) is 54.0 cm³/mol. The summed E-state index contributed by atoms with van der Waals surface area (Å²) in [6.45, 7) is 0. The van der Waals surface area contributed by atoms with Gasteiger partial charge in [0, 0.05) is 0 Å². The van der Waals surface area contributed by atoms with Crippen LogP contribution in [0.3, 0.4) is 0 Å². The number of aromatic carboxylic acids is 1. The molecule has 0 aliphatic heterocycles. The average molecular weight is 348 g/mol. The molecule has 0 saturated carbocycles. The molecule has 6 nitrogen and oxygen atoms in total. The molecule has 1 aromatic heterocycles. The summed E-state index contributed by atoms with van der Waals surface area (Å²) in [5, 5.41) is 18.3. The van der Waals surface area contributed by atoms with Gasteiger partial charge < -0.3 is 0 Å². The van der Waals surface area contributed by atoms with Crippen LogP contribution in [0.4, 0.5) is 0 Å². The van der Waals surface area contributed by atoms with E-state index in [0.29, 0.717) is 5.39 Å². The summed E-state index contributed by atoms with van der Waals surface area (Å²) in [7, 11) is 1.74. The van der Waals surface area contributed by atoms with Gasteiger partial charge in [-0.15, -0.1) is 0 Å². The van der Waals surface area contributed by atoms with E-state index < -0.39 is 27.4 Å². The van der Waals surface area contributed by atoms with E-state index in [0.717, 1.165) is 9.09 Å². The fourth-order valence-electron chi connectivity index (χ4n) is 1.66. The molecule has 0 fully saturated rings. The summed E-state index contributed by atoms with van der Waals surface area (Å²) in [5.74, 6) is -0.981. The molecule has 0 radical (unpaired) electrons. The Bertz CT molecular complexity index is 620. The van der Waals surface area contributed by atoms with Crippen molar-refractivity contribution in [1.82, 2.24) is 4.57 Å². The molecule has 0 aliphatic carbocycles. The van der Waals surface area contributed by atoms with Crippen molar-refractivity contribution in [2.75, 3.05) is 0 Å². The first-order valence-corrected chi connectivity index (χ1v) is 6.67. The van der Waals surface area contributed by atoms with Crippen LogP contribution in [0, 0.1) is 8.48 Å². The molecule has 0 spiro atoms. The van der Waals surface area contributed by atoms with Gasteiger partial charge in [-0.3, -0.25) is 0 Å². The van der Waals surface area contributed by atoms with Gasteiger partial charge in [-0.05, 0) is 0 Å². The van der Waals surface area contributed by atoms with Crippen molar-refractivity contribution in [2.24, 2.45) is 7.05 Å². The van der Waals surface area contributed by atoms with E-state index in [1.807, 2.05) is 0 Å². The van der Waals surface area contributed by atoms with Gasteiger partial charge in [0.05, 0.1) is 0 Å². The number of hydrogen-bond acceptors (Lipinski definition) is 2. The molecule has 7 heteroatoms. The quantitative estimate of drug-likeness (QED) is 0.390. The van der Waals surface area contributed by atoms with Gasteiger partial charge in [0.15, 0.2) is 0 Å². The molecule has 90 valence electrons. The number of hydrogen-bond donors (Lipinski definition) is 2. The van der Waals surface area contributed by atoms with Gasteiger partial charge >= 0.3 is 107 Å². The van der Waals surface area contributed by atoms with Crippen LogP contribution in [0.25, 0.3) is 10.9 Å². The summed E-state index contributed by atoms with van der Waals surface area (Å²) in [4.78, 5) is 21.6. The summed E-state index contributed by atoms with van der Waals surface area (Å²) in [6, 6.07) is 5.07. The molecule has 1 aromatic carbocycles. The number of fused-ring (bicyclic) bond motifs is 1. The van der Waals surface area contributed by atoms with Crippen LogP contribution in [0.5, 0.6) is 0 Å². The predicted octanol–water partition coefficient (Wildman–Crippen LogP) is -1.78. The average Bonchev–Trinajstić information content (AvgIpc) is 2.55. The van der Waals surface area contributed by atoms with Crippen molar-refractivity contribution >= 4 is 16.9 Å². The number of carbonyl (C=O) groups is 1. The maximum absolute atomic E-state index is 11.0. The summed E-state index contributed by atoms with van der Waals surface area (Å²) < 4.78 is 2.37. The fourth-order valence-corrected chi connectivity index (χ4v) is 2.91. The second-order valence-corrected chi connectivity index (χ2v) is 5.98. The minimum absolute atomic E-state index is 0.0545. The molecule has 0 aliphatic rings.